The van der Waals surface area contributed by atoms with E-state index in [1.165, 1.54) is 5.56 Å². The lowest BCUT2D eigenvalue weighted by Gasteiger charge is -2.20. The SMILES string of the molecule is COc1ccc(C(NC(=O)CCc2ccsc2)c2ccccc2)cc1. The van der Waals surface area contributed by atoms with Crippen molar-refractivity contribution in [3.63, 3.8) is 0 Å². The second-order valence-corrected chi connectivity index (χ2v) is 6.60. The van der Waals surface area contributed by atoms with Crippen molar-refractivity contribution >= 4 is 17.2 Å². The van der Waals surface area contributed by atoms with Crippen LogP contribution >= 0.6 is 11.3 Å². The summed E-state index contributed by atoms with van der Waals surface area (Å²) in [7, 11) is 1.65. The van der Waals surface area contributed by atoms with Crippen LogP contribution < -0.4 is 10.1 Å². The zero-order valence-electron chi connectivity index (χ0n) is 14.1. The van der Waals surface area contributed by atoms with Crippen LogP contribution in [0.25, 0.3) is 0 Å². The van der Waals surface area contributed by atoms with Gasteiger partial charge in [0.25, 0.3) is 0 Å². The smallest absolute Gasteiger partial charge is 0.221 e. The quantitative estimate of drug-likeness (QED) is 0.676. The van der Waals surface area contributed by atoms with E-state index in [0.29, 0.717) is 6.42 Å². The highest BCUT2D eigenvalue weighted by molar-refractivity contribution is 7.07. The van der Waals surface area contributed by atoms with Gasteiger partial charge in [-0.15, -0.1) is 0 Å². The number of methoxy groups -OCH3 is 1. The Hall–Kier alpha value is -2.59. The Labute approximate surface area is 152 Å². The number of thiophene rings is 1. The van der Waals surface area contributed by atoms with Crippen LogP contribution in [0.5, 0.6) is 5.75 Å². The van der Waals surface area contributed by atoms with Gasteiger partial charge in [-0.25, -0.2) is 0 Å². The monoisotopic (exact) mass is 351 g/mol. The summed E-state index contributed by atoms with van der Waals surface area (Å²) >= 11 is 1.66. The van der Waals surface area contributed by atoms with Gasteiger partial charge in [-0.1, -0.05) is 42.5 Å². The zero-order valence-corrected chi connectivity index (χ0v) is 15.0. The molecule has 1 atom stereocenters. The van der Waals surface area contributed by atoms with Crippen LogP contribution in [0.3, 0.4) is 0 Å². The first kappa shape index (κ1) is 17.2. The van der Waals surface area contributed by atoms with Crippen molar-refractivity contribution in [3.05, 3.63) is 88.1 Å². The summed E-state index contributed by atoms with van der Waals surface area (Å²) in [5, 5.41) is 7.30. The first-order valence-corrected chi connectivity index (χ1v) is 9.20. The van der Waals surface area contributed by atoms with Gasteiger partial charge in [0.15, 0.2) is 0 Å². The van der Waals surface area contributed by atoms with Crippen LogP contribution in [0.4, 0.5) is 0 Å². The van der Waals surface area contributed by atoms with Crippen LogP contribution in [0.1, 0.15) is 29.2 Å². The van der Waals surface area contributed by atoms with E-state index in [4.69, 9.17) is 4.74 Å². The maximum atomic E-state index is 12.5. The summed E-state index contributed by atoms with van der Waals surface area (Å²) in [6, 6.07) is 19.8. The van der Waals surface area contributed by atoms with E-state index >= 15 is 0 Å². The molecule has 3 nitrogen and oxygen atoms in total. The highest BCUT2D eigenvalue weighted by Gasteiger charge is 2.16. The van der Waals surface area contributed by atoms with Crippen LogP contribution in [-0.4, -0.2) is 13.0 Å². The van der Waals surface area contributed by atoms with Crippen LogP contribution in [0.2, 0.25) is 0 Å². The first-order chi connectivity index (χ1) is 12.3. The molecule has 4 heteroatoms. The molecule has 0 saturated heterocycles. The van der Waals surface area contributed by atoms with Gasteiger partial charge in [0.1, 0.15) is 5.75 Å². The fraction of sp³-hybridized carbons (Fsp3) is 0.190. The van der Waals surface area contributed by atoms with E-state index in [9.17, 15) is 4.79 Å². The van der Waals surface area contributed by atoms with E-state index in [0.717, 1.165) is 23.3 Å². The Morgan fingerprint density at radius 1 is 1.04 bits per heavy atom. The molecule has 3 aromatic rings. The van der Waals surface area contributed by atoms with Crippen molar-refractivity contribution in [1.29, 1.82) is 0 Å². The lowest BCUT2D eigenvalue weighted by atomic mass is 9.98. The third-order valence-corrected chi connectivity index (χ3v) is 4.84. The summed E-state index contributed by atoms with van der Waals surface area (Å²) < 4.78 is 5.23. The predicted molar refractivity (Wildman–Crippen MR) is 102 cm³/mol. The lowest BCUT2D eigenvalue weighted by molar-refractivity contribution is -0.121. The van der Waals surface area contributed by atoms with Crippen molar-refractivity contribution in [2.45, 2.75) is 18.9 Å². The van der Waals surface area contributed by atoms with Crippen LogP contribution in [0, 0.1) is 0 Å². The molecule has 1 N–H and O–H groups in total. The molecule has 0 aliphatic heterocycles. The number of hydrogen-bond donors (Lipinski definition) is 1. The minimum atomic E-state index is -0.165. The van der Waals surface area contributed by atoms with Gasteiger partial charge in [-0.3, -0.25) is 4.79 Å². The molecule has 1 heterocycles. The van der Waals surface area contributed by atoms with E-state index in [2.05, 4.69) is 16.8 Å². The Balaban J connectivity index is 1.75. The molecule has 0 saturated carbocycles. The van der Waals surface area contributed by atoms with Crippen LogP contribution in [0.15, 0.2) is 71.4 Å². The highest BCUT2D eigenvalue weighted by atomic mass is 32.1. The van der Waals surface area contributed by atoms with Gasteiger partial charge in [-0.05, 0) is 52.1 Å². The number of benzene rings is 2. The van der Waals surface area contributed by atoms with Gasteiger partial charge in [-0.2, -0.15) is 11.3 Å². The zero-order chi connectivity index (χ0) is 17.5. The average molecular weight is 351 g/mol. The van der Waals surface area contributed by atoms with E-state index in [1.807, 2.05) is 60.0 Å². The number of nitrogens with one attached hydrogen (secondary N) is 1. The minimum absolute atomic E-state index is 0.0517. The number of amides is 1. The second-order valence-electron chi connectivity index (χ2n) is 5.82. The highest BCUT2D eigenvalue weighted by Crippen LogP contribution is 2.24. The predicted octanol–water partition coefficient (Wildman–Crippen LogP) is 4.60. The Morgan fingerprint density at radius 3 is 2.40 bits per heavy atom. The third-order valence-electron chi connectivity index (χ3n) is 4.11. The standard InChI is InChI=1S/C21H21NO2S/c1-24-19-10-8-18(9-11-19)21(17-5-3-2-4-6-17)22-20(23)12-7-16-13-14-25-15-16/h2-6,8-11,13-15,21H,7,12H2,1H3,(H,22,23). The molecule has 0 aliphatic rings. The Morgan fingerprint density at radius 2 is 1.76 bits per heavy atom. The van der Waals surface area contributed by atoms with Crippen molar-refractivity contribution in [2.75, 3.05) is 7.11 Å². The molecule has 0 bridgehead atoms. The van der Waals surface area contributed by atoms with Gasteiger partial charge in [0.05, 0.1) is 13.2 Å². The molecule has 128 valence electrons. The van der Waals surface area contributed by atoms with Gasteiger partial charge in [0, 0.05) is 6.42 Å². The van der Waals surface area contributed by atoms with Gasteiger partial charge in [0.2, 0.25) is 5.91 Å². The van der Waals surface area contributed by atoms with Gasteiger partial charge < -0.3 is 10.1 Å². The third kappa shape index (κ3) is 4.70. The molecule has 0 fully saturated rings. The normalized spacial score (nSPS) is 11.7. The van der Waals surface area contributed by atoms with Crippen molar-refractivity contribution < 1.29 is 9.53 Å². The molecule has 1 amide bonds. The molecule has 3 rings (SSSR count). The topological polar surface area (TPSA) is 38.3 Å². The lowest BCUT2D eigenvalue weighted by Crippen LogP contribution is -2.29. The number of rotatable bonds is 7. The van der Waals surface area contributed by atoms with Crippen molar-refractivity contribution in [3.8, 4) is 5.75 Å². The molecular weight excluding hydrogens is 330 g/mol. The summed E-state index contributed by atoms with van der Waals surface area (Å²) in [4.78, 5) is 12.5. The first-order valence-electron chi connectivity index (χ1n) is 8.25. The van der Waals surface area contributed by atoms with Crippen molar-refractivity contribution in [2.24, 2.45) is 0 Å². The molecule has 1 aromatic heterocycles. The summed E-state index contributed by atoms with van der Waals surface area (Å²) in [5.74, 6) is 0.857. The fourth-order valence-electron chi connectivity index (χ4n) is 2.73. The fourth-order valence-corrected chi connectivity index (χ4v) is 3.43. The Bertz CT molecular complexity index is 783. The van der Waals surface area contributed by atoms with Crippen molar-refractivity contribution in [1.82, 2.24) is 5.32 Å². The molecular formula is C21H21NO2S. The second kappa shape index (κ2) is 8.49. The van der Waals surface area contributed by atoms with E-state index in [1.54, 1.807) is 18.4 Å². The molecule has 0 spiro atoms. The molecule has 1 unspecified atom stereocenters. The van der Waals surface area contributed by atoms with E-state index < -0.39 is 0 Å². The summed E-state index contributed by atoms with van der Waals surface area (Å²) in [6.07, 6.45) is 1.25. The van der Waals surface area contributed by atoms with Gasteiger partial charge >= 0.3 is 0 Å². The molecule has 0 aliphatic carbocycles. The van der Waals surface area contributed by atoms with E-state index in [-0.39, 0.29) is 11.9 Å². The van der Waals surface area contributed by atoms with Crippen LogP contribution in [-0.2, 0) is 11.2 Å². The molecule has 25 heavy (non-hydrogen) atoms. The molecule has 2 aromatic carbocycles. The number of hydrogen-bond acceptors (Lipinski definition) is 3. The number of aryl methyl sites for hydroxylation is 1. The minimum Gasteiger partial charge on any atom is -0.497 e. The molecule has 0 radical (unpaired) electrons. The Kier molecular flexibility index (Phi) is 5.86. The summed E-state index contributed by atoms with van der Waals surface area (Å²) in [5.41, 5.74) is 3.31. The number of carbonyl (C=O) groups is 1. The maximum absolute atomic E-state index is 12.5. The average Bonchev–Trinajstić information content (AvgIpc) is 3.19. The number of ether oxygens (including phenoxy) is 1. The largest absolute Gasteiger partial charge is 0.497 e. The number of carbonyl (C=O) groups excluding carboxylic acids is 1. The maximum Gasteiger partial charge on any atom is 0.221 e. The summed E-state index contributed by atoms with van der Waals surface area (Å²) in [6.45, 7) is 0.